The van der Waals surface area contributed by atoms with Gasteiger partial charge in [-0.25, -0.2) is 4.98 Å². The standard InChI is InChI=1S/C16H23N3/c1-3-14-7-5-8-15(4-2)16(14)18-9-6-11-19-12-10-17-13-19/h5,7-8,10,12-13,18H,3-4,6,9,11H2,1-2H3. The smallest absolute Gasteiger partial charge is 0.0945 e. The van der Waals surface area contributed by atoms with Gasteiger partial charge in [0.1, 0.15) is 0 Å². The zero-order chi connectivity index (χ0) is 13.5. The van der Waals surface area contributed by atoms with Crippen molar-refractivity contribution in [1.29, 1.82) is 0 Å². The molecule has 0 spiro atoms. The molecular weight excluding hydrogens is 234 g/mol. The molecule has 0 aliphatic rings. The maximum Gasteiger partial charge on any atom is 0.0945 e. The summed E-state index contributed by atoms with van der Waals surface area (Å²) in [4.78, 5) is 4.06. The Hall–Kier alpha value is -1.77. The molecule has 1 aromatic carbocycles. The fourth-order valence-corrected chi connectivity index (χ4v) is 2.36. The van der Waals surface area contributed by atoms with Crippen LogP contribution in [-0.4, -0.2) is 16.1 Å². The molecule has 0 amide bonds. The topological polar surface area (TPSA) is 29.9 Å². The van der Waals surface area contributed by atoms with Gasteiger partial charge in [0.2, 0.25) is 0 Å². The summed E-state index contributed by atoms with van der Waals surface area (Å²) < 4.78 is 2.12. The third-order valence-electron chi connectivity index (χ3n) is 3.45. The zero-order valence-corrected chi connectivity index (χ0v) is 11.9. The van der Waals surface area contributed by atoms with Crippen molar-refractivity contribution in [1.82, 2.24) is 9.55 Å². The average molecular weight is 257 g/mol. The van der Waals surface area contributed by atoms with E-state index in [1.165, 1.54) is 16.8 Å². The Balaban J connectivity index is 1.91. The normalized spacial score (nSPS) is 10.6. The average Bonchev–Trinajstić information content (AvgIpc) is 2.96. The van der Waals surface area contributed by atoms with Crippen LogP contribution in [0.1, 0.15) is 31.4 Å². The number of rotatable bonds is 7. The highest BCUT2D eigenvalue weighted by atomic mass is 15.0. The molecule has 3 heteroatoms. The van der Waals surface area contributed by atoms with Gasteiger partial charge >= 0.3 is 0 Å². The number of nitrogens with zero attached hydrogens (tertiary/aromatic N) is 2. The third-order valence-corrected chi connectivity index (χ3v) is 3.45. The quantitative estimate of drug-likeness (QED) is 0.769. The lowest BCUT2D eigenvalue weighted by Gasteiger charge is -2.15. The Morgan fingerprint density at radius 2 is 1.89 bits per heavy atom. The minimum Gasteiger partial charge on any atom is -0.385 e. The molecule has 3 nitrogen and oxygen atoms in total. The van der Waals surface area contributed by atoms with Crippen molar-refractivity contribution < 1.29 is 0 Å². The van der Waals surface area contributed by atoms with E-state index < -0.39 is 0 Å². The molecule has 0 aliphatic heterocycles. The molecule has 2 aromatic rings. The van der Waals surface area contributed by atoms with Crippen LogP contribution in [0.4, 0.5) is 5.69 Å². The molecule has 1 heterocycles. The van der Waals surface area contributed by atoms with Crippen molar-refractivity contribution in [3.8, 4) is 0 Å². The number of imidazole rings is 1. The Morgan fingerprint density at radius 3 is 2.47 bits per heavy atom. The first kappa shape index (κ1) is 13.7. The fraction of sp³-hybridized carbons (Fsp3) is 0.438. The molecule has 0 aliphatic carbocycles. The summed E-state index contributed by atoms with van der Waals surface area (Å²) in [5.74, 6) is 0. The fourth-order valence-electron chi connectivity index (χ4n) is 2.36. The molecule has 0 unspecified atom stereocenters. The van der Waals surface area contributed by atoms with Crippen LogP contribution in [0.3, 0.4) is 0 Å². The van der Waals surface area contributed by atoms with Crippen molar-refractivity contribution in [3.63, 3.8) is 0 Å². The van der Waals surface area contributed by atoms with Crippen molar-refractivity contribution in [2.45, 2.75) is 39.7 Å². The lowest BCUT2D eigenvalue weighted by Crippen LogP contribution is -2.09. The van der Waals surface area contributed by atoms with Crippen molar-refractivity contribution in [2.75, 3.05) is 11.9 Å². The van der Waals surface area contributed by atoms with E-state index in [0.717, 1.165) is 32.4 Å². The minimum atomic E-state index is 1.00. The number of para-hydroxylation sites is 1. The predicted molar refractivity (Wildman–Crippen MR) is 80.5 cm³/mol. The van der Waals surface area contributed by atoms with E-state index in [9.17, 15) is 0 Å². The minimum absolute atomic E-state index is 1.00. The molecule has 0 saturated heterocycles. The highest BCUT2D eigenvalue weighted by Crippen LogP contribution is 2.22. The van der Waals surface area contributed by atoms with E-state index in [2.05, 4.69) is 46.9 Å². The van der Waals surface area contributed by atoms with E-state index in [-0.39, 0.29) is 0 Å². The van der Waals surface area contributed by atoms with Crippen LogP contribution < -0.4 is 5.32 Å². The molecule has 0 saturated carbocycles. The maximum absolute atomic E-state index is 4.06. The van der Waals surface area contributed by atoms with Gasteiger partial charge in [0, 0.05) is 31.2 Å². The van der Waals surface area contributed by atoms with Crippen molar-refractivity contribution in [3.05, 3.63) is 48.0 Å². The first-order valence-electron chi connectivity index (χ1n) is 7.15. The summed E-state index contributed by atoms with van der Waals surface area (Å²) in [6.45, 7) is 6.45. The summed E-state index contributed by atoms with van der Waals surface area (Å²) >= 11 is 0. The summed E-state index contributed by atoms with van der Waals surface area (Å²) in [6, 6.07) is 6.60. The van der Waals surface area contributed by atoms with Gasteiger partial charge in [-0.15, -0.1) is 0 Å². The number of nitrogens with one attached hydrogen (secondary N) is 1. The van der Waals surface area contributed by atoms with Gasteiger partial charge in [0.15, 0.2) is 0 Å². The summed E-state index contributed by atoms with van der Waals surface area (Å²) in [5, 5.41) is 3.61. The highest BCUT2D eigenvalue weighted by Gasteiger charge is 2.04. The molecule has 19 heavy (non-hydrogen) atoms. The van der Waals surface area contributed by atoms with E-state index in [4.69, 9.17) is 0 Å². The Labute approximate surface area is 115 Å². The molecule has 0 fully saturated rings. The number of aryl methyl sites for hydroxylation is 3. The lowest BCUT2D eigenvalue weighted by molar-refractivity contribution is 0.660. The van der Waals surface area contributed by atoms with Gasteiger partial charge in [0.25, 0.3) is 0 Å². The van der Waals surface area contributed by atoms with E-state index >= 15 is 0 Å². The molecule has 2 rings (SSSR count). The molecule has 1 N–H and O–H groups in total. The summed E-state index contributed by atoms with van der Waals surface area (Å²) in [6.07, 6.45) is 8.98. The van der Waals surface area contributed by atoms with Crippen LogP contribution in [0.2, 0.25) is 0 Å². The Kier molecular flexibility index (Phi) is 5.01. The van der Waals surface area contributed by atoms with E-state index in [0.29, 0.717) is 0 Å². The van der Waals surface area contributed by atoms with Crippen LogP contribution in [0, 0.1) is 0 Å². The lowest BCUT2D eigenvalue weighted by atomic mass is 10.0. The number of hydrogen-bond donors (Lipinski definition) is 1. The predicted octanol–water partition coefficient (Wildman–Crippen LogP) is 3.51. The molecule has 0 radical (unpaired) electrons. The van der Waals surface area contributed by atoms with Crippen molar-refractivity contribution in [2.24, 2.45) is 0 Å². The molecule has 1 aromatic heterocycles. The Morgan fingerprint density at radius 1 is 1.16 bits per heavy atom. The number of anilines is 1. The SMILES string of the molecule is CCc1cccc(CC)c1NCCCn1ccnc1. The second-order valence-corrected chi connectivity index (χ2v) is 4.74. The van der Waals surface area contributed by atoms with Gasteiger partial charge in [-0.05, 0) is 30.4 Å². The molecule has 102 valence electrons. The molecule has 0 bridgehead atoms. The Bertz CT molecular complexity index is 466. The van der Waals surface area contributed by atoms with E-state index in [1.54, 1.807) is 0 Å². The van der Waals surface area contributed by atoms with Gasteiger partial charge < -0.3 is 9.88 Å². The molecule has 0 atom stereocenters. The van der Waals surface area contributed by atoms with Crippen LogP contribution in [-0.2, 0) is 19.4 Å². The third kappa shape index (κ3) is 3.60. The van der Waals surface area contributed by atoms with Crippen molar-refractivity contribution >= 4 is 5.69 Å². The van der Waals surface area contributed by atoms with Gasteiger partial charge in [-0.1, -0.05) is 32.0 Å². The monoisotopic (exact) mass is 257 g/mol. The number of hydrogen-bond acceptors (Lipinski definition) is 2. The number of aromatic nitrogens is 2. The van der Waals surface area contributed by atoms with Crippen LogP contribution in [0.15, 0.2) is 36.9 Å². The first-order chi connectivity index (χ1) is 9.35. The highest BCUT2D eigenvalue weighted by molar-refractivity contribution is 5.57. The van der Waals surface area contributed by atoms with Gasteiger partial charge in [-0.2, -0.15) is 0 Å². The first-order valence-corrected chi connectivity index (χ1v) is 7.15. The molecular formula is C16H23N3. The second-order valence-electron chi connectivity index (χ2n) is 4.74. The summed E-state index contributed by atoms with van der Waals surface area (Å²) in [7, 11) is 0. The maximum atomic E-state index is 4.06. The zero-order valence-electron chi connectivity index (χ0n) is 11.9. The summed E-state index contributed by atoms with van der Waals surface area (Å²) in [5.41, 5.74) is 4.18. The van der Waals surface area contributed by atoms with Crippen LogP contribution in [0.5, 0.6) is 0 Å². The van der Waals surface area contributed by atoms with E-state index in [1.807, 2.05) is 18.7 Å². The number of benzene rings is 1. The second kappa shape index (κ2) is 6.98. The van der Waals surface area contributed by atoms with Gasteiger partial charge in [-0.3, -0.25) is 0 Å². The largest absolute Gasteiger partial charge is 0.385 e. The van der Waals surface area contributed by atoms with Gasteiger partial charge in [0.05, 0.1) is 6.33 Å². The van der Waals surface area contributed by atoms with Crippen LogP contribution in [0.25, 0.3) is 0 Å². The van der Waals surface area contributed by atoms with Crippen LogP contribution >= 0.6 is 0 Å².